The van der Waals surface area contributed by atoms with Gasteiger partial charge in [0.25, 0.3) is 0 Å². The Hall–Kier alpha value is -1.21. The molecule has 0 aliphatic heterocycles. The fourth-order valence-corrected chi connectivity index (χ4v) is 1.57. The van der Waals surface area contributed by atoms with E-state index < -0.39 is 18.0 Å². The molecule has 0 saturated carbocycles. The van der Waals surface area contributed by atoms with Crippen LogP contribution in [-0.4, -0.2) is 49.9 Å². The summed E-state index contributed by atoms with van der Waals surface area (Å²) < 4.78 is 28.4. The average molecular weight is 288 g/mol. The van der Waals surface area contributed by atoms with Crippen molar-refractivity contribution in [3.8, 4) is 5.75 Å². The second-order valence-electron chi connectivity index (χ2n) is 4.39. The van der Waals surface area contributed by atoms with Crippen molar-refractivity contribution in [1.82, 2.24) is 0 Å². The van der Waals surface area contributed by atoms with Crippen LogP contribution in [0, 0.1) is 5.82 Å². The third-order valence-electron chi connectivity index (χ3n) is 2.60. The zero-order chi connectivity index (χ0) is 15.0. The average Bonchev–Trinajstić information content (AvgIpc) is 2.42. The molecule has 5 nitrogen and oxygen atoms in total. The summed E-state index contributed by atoms with van der Waals surface area (Å²) in [6, 6.07) is 3.88. The largest absolute Gasteiger partial charge is 0.490 e. The van der Waals surface area contributed by atoms with Crippen LogP contribution in [0.3, 0.4) is 0 Å². The summed E-state index contributed by atoms with van der Waals surface area (Å²) >= 11 is 0. The minimum absolute atomic E-state index is 0.00165. The molecule has 0 bridgehead atoms. The Balaban J connectivity index is 2.44. The quantitative estimate of drug-likeness (QED) is 0.670. The second kappa shape index (κ2) is 8.86. The molecule has 0 aromatic heterocycles. The van der Waals surface area contributed by atoms with Crippen molar-refractivity contribution in [3.63, 3.8) is 0 Å². The Morgan fingerprint density at radius 3 is 2.60 bits per heavy atom. The van der Waals surface area contributed by atoms with Crippen LogP contribution in [0.25, 0.3) is 0 Å². The fourth-order valence-electron chi connectivity index (χ4n) is 1.57. The number of rotatable bonds is 9. The van der Waals surface area contributed by atoms with Crippen molar-refractivity contribution in [3.05, 3.63) is 29.6 Å². The first-order valence-corrected chi connectivity index (χ1v) is 6.39. The number of aliphatic hydroxyl groups excluding tert-OH is 2. The zero-order valence-corrected chi connectivity index (χ0v) is 11.7. The number of hydrogen-bond acceptors (Lipinski definition) is 5. The van der Waals surface area contributed by atoms with E-state index in [2.05, 4.69) is 0 Å². The molecule has 0 heterocycles. The highest BCUT2D eigenvalue weighted by Crippen LogP contribution is 2.26. The summed E-state index contributed by atoms with van der Waals surface area (Å²) in [4.78, 5) is 0. The summed E-state index contributed by atoms with van der Waals surface area (Å²) in [7, 11) is 1.56. The molecule has 0 saturated heterocycles. The standard InChI is InChI=1S/C14H21FO5/c1-10(16)13-7-11(15)3-4-14(13)20-9-12(17)8-19-6-5-18-2/h3-4,7,10,12,16-17H,5-6,8-9H2,1-2H3. The maximum Gasteiger partial charge on any atom is 0.125 e. The number of hydrogen-bond donors (Lipinski definition) is 2. The van der Waals surface area contributed by atoms with Crippen molar-refractivity contribution < 1.29 is 28.8 Å². The van der Waals surface area contributed by atoms with Gasteiger partial charge in [-0.15, -0.1) is 0 Å². The lowest BCUT2D eigenvalue weighted by atomic mass is 10.1. The monoisotopic (exact) mass is 288 g/mol. The third kappa shape index (κ3) is 5.83. The van der Waals surface area contributed by atoms with Gasteiger partial charge in [0, 0.05) is 12.7 Å². The van der Waals surface area contributed by atoms with Crippen LogP contribution >= 0.6 is 0 Å². The molecule has 20 heavy (non-hydrogen) atoms. The van der Waals surface area contributed by atoms with Crippen molar-refractivity contribution in [2.24, 2.45) is 0 Å². The van der Waals surface area contributed by atoms with Gasteiger partial charge in [-0.3, -0.25) is 0 Å². The van der Waals surface area contributed by atoms with Gasteiger partial charge >= 0.3 is 0 Å². The van der Waals surface area contributed by atoms with Gasteiger partial charge in [0.1, 0.15) is 24.3 Å². The maximum absolute atomic E-state index is 13.1. The summed E-state index contributed by atoms with van der Waals surface area (Å²) in [5, 5.41) is 19.2. The van der Waals surface area contributed by atoms with Crippen molar-refractivity contribution in [1.29, 1.82) is 0 Å². The van der Waals surface area contributed by atoms with Gasteiger partial charge in [0.15, 0.2) is 0 Å². The summed E-state index contributed by atoms with van der Waals surface area (Å²) in [6.45, 7) is 2.49. The minimum Gasteiger partial charge on any atom is -0.490 e. The van der Waals surface area contributed by atoms with Gasteiger partial charge in [-0.1, -0.05) is 0 Å². The van der Waals surface area contributed by atoms with E-state index in [0.29, 0.717) is 24.5 Å². The van der Waals surface area contributed by atoms with E-state index >= 15 is 0 Å². The van der Waals surface area contributed by atoms with E-state index in [1.165, 1.54) is 25.1 Å². The van der Waals surface area contributed by atoms with Gasteiger partial charge in [-0.2, -0.15) is 0 Å². The Bertz CT molecular complexity index is 397. The highest BCUT2D eigenvalue weighted by atomic mass is 19.1. The van der Waals surface area contributed by atoms with Gasteiger partial charge in [0.05, 0.1) is 25.9 Å². The molecule has 0 amide bonds. The molecule has 2 unspecified atom stereocenters. The van der Waals surface area contributed by atoms with E-state index in [1.807, 2.05) is 0 Å². The Morgan fingerprint density at radius 1 is 1.20 bits per heavy atom. The first-order valence-electron chi connectivity index (χ1n) is 6.39. The molecule has 0 fully saturated rings. The van der Waals surface area contributed by atoms with Gasteiger partial charge in [0.2, 0.25) is 0 Å². The summed E-state index contributed by atoms with van der Waals surface area (Å²) in [5.74, 6) is -0.103. The minimum atomic E-state index is -0.851. The fraction of sp³-hybridized carbons (Fsp3) is 0.571. The Labute approximate surface area is 117 Å². The maximum atomic E-state index is 13.1. The van der Waals surface area contributed by atoms with Crippen LogP contribution in [-0.2, 0) is 9.47 Å². The van der Waals surface area contributed by atoms with Gasteiger partial charge in [-0.05, 0) is 25.1 Å². The predicted molar refractivity (Wildman–Crippen MR) is 71.2 cm³/mol. The van der Waals surface area contributed by atoms with E-state index in [1.54, 1.807) is 7.11 Å². The lowest BCUT2D eigenvalue weighted by Crippen LogP contribution is -2.24. The molecular weight excluding hydrogens is 267 g/mol. The normalized spacial score (nSPS) is 14.1. The SMILES string of the molecule is COCCOCC(O)COc1ccc(F)cc1C(C)O. The molecule has 0 aliphatic rings. The third-order valence-corrected chi connectivity index (χ3v) is 2.60. The molecule has 0 radical (unpaired) electrons. The van der Waals surface area contributed by atoms with Crippen molar-refractivity contribution >= 4 is 0 Å². The lowest BCUT2D eigenvalue weighted by Gasteiger charge is -2.16. The molecule has 114 valence electrons. The van der Waals surface area contributed by atoms with Crippen LogP contribution in [0.2, 0.25) is 0 Å². The lowest BCUT2D eigenvalue weighted by molar-refractivity contribution is -0.00461. The molecule has 0 spiro atoms. The first kappa shape index (κ1) is 16.8. The molecular formula is C14H21FO5. The van der Waals surface area contributed by atoms with Crippen LogP contribution in [0.15, 0.2) is 18.2 Å². The molecule has 2 atom stereocenters. The van der Waals surface area contributed by atoms with E-state index in [4.69, 9.17) is 14.2 Å². The Morgan fingerprint density at radius 2 is 1.95 bits per heavy atom. The highest BCUT2D eigenvalue weighted by Gasteiger charge is 2.12. The van der Waals surface area contributed by atoms with Crippen LogP contribution in [0.1, 0.15) is 18.6 Å². The molecule has 1 aromatic carbocycles. The summed E-state index contributed by atoms with van der Waals surface area (Å²) in [5.41, 5.74) is 0.345. The second-order valence-corrected chi connectivity index (χ2v) is 4.39. The first-order chi connectivity index (χ1) is 9.54. The topological polar surface area (TPSA) is 68.2 Å². The van der Waals surface area contributed by atoms with E-state index in [0.717, 1.165) is 0 Å². The number of aliphatic hydroxyl groups is 2. The molecule has 6 heteroatoms. The number of ether oxygens (including phenoxy) is 3. The molecule has 2 N–H and O–H groups in total. The smallest absolute Gasteiger partial charge is 0.125 e. The molecule has 0 aliphatic carbocycles. The van der Waals surface area contributed by atoms with Crippen LogP contribution in [0.4, 0.5) is 4.39 Å². The number of benzene rings is 1. The zero-order valence-electron chi connectivity index (χ0n) is 11.7. The predicted octanol–water partition coefficient (Wildman–Crippen LogP) is 1.28. The molecule has 1 aromatic rings. The van der Waals surface area contributed by atoms with E-state index in [9.17, 15) is 14.6 Å². The molecule has 1 rings (SSSR count). The van der Waals surface area contributed by atoms with Gasteiger partial charge < -0.3 is 24.4 Å². The number of methoxy groups -OCH3 is 1. The van der Waals surface area contributed by atoms with Crippen molar-refractivity contribution in [2.45, 2.75) is 19.1 Å². The Kier molecular flexibility index (Phi) is 7.46. The van der Waals surface area contributed by atoms with Crippen LogP contribution in [0.5, 0.6) is 5.75 Å². The van der Waals surface area contributed by atoms with E-state index in [-0.39, 0.29) is 13.2 Å². The highest BCUT2D eigenvalue weighted by molar-refractivity contribution is 5.35. The van der Waals surface area contributed by atoms with Crippen LogP contribution < -0.4 is 4.74 Å². The van der Waals surface area contributed by atoms with Gasteiger partial charge in [-0.25, -0.2) is 4.39 Å². The van der Waals surface area contributed by atoms with Crippen molar-refractivity contribution in [2.75, 3.05) is 33.5 Å². The summed E-state index contributed by atoms with van der Waals surface area (Å²) in [6.07, 6.45) is -1.66. The number of halogens is 1.